The summed E-state index contributed by atoms with van der Waals surface area (Å²) in [5.41, 5.74) is 12.4. The van der Waals surface area contributed by atoms with Crippen molar-refractivity contribution in [3.63, 3.8) is 0 Å². The van der Waals surface area contributed by atoms with Crippen molar-refractivity contribution in [2.75, 3.05) is 5.43 Å². The van der Waals surface area contributed by atoms with Gasteiger partial charge in [0.05, 0.1) is 5.69 Å². The van der Waals surface area contributed by atoms with Gasteiger partial charge in [-0.15, -0.1) is 0 Å². The summed E-state index contributed by atoms with van der Waals surface area (Å²) in [5.74, 6) is -1.24. The molecule has 0 bridgehead atoms. The number of hydrazine groups is 1. The first-order valence-corrected chi connectivity index (χ1v) is 4.83. The first-order chi connectivity index (χ1) is 8.59. The van der Waals surface area contributed by atoms with Crippen molar-refractivity contribution in [1.82, 2.24) is 10.9 Å². The number of hydrogen-bond acceptors (Lipinski definition) is 5. The summed E-state index contributed by atoms with van der Waals surface area (Å²) in [7, 11) is 0. The third-order valence-electron chi connectivity index (χ3n) is 1.68. The Bertz CT molecular complexity index is 472. The molecule has 94 valence electrons. The van der Waals surface area contributed by atoms with Crippen LogP contribution in [0.4, 0.5) is 10.5 Å². The Morgan fingerprint density at radius 3 is 2.28 bits per heavy atom. The van der Waals surface area contributed by atoms with Crippen LogP contribution in [0.3, 0.4) is 0 Å². The molecule has 0 unspecified atom stereocenters. The number of para-hydroxylation sites is 1. The van der Waals surface area contributed by atoms with Crippen molar-refractivity contribution in [2.45, 2.75) is 0 Å². The number of nitrogens with two attached hydrogens (primary N) is 1. The highest BCUT2D eigenvalue weighted by molar-refractivity contribution is 6.60. The summed E-state index contributed by atoms with van der Waals surface area (Å²) in [6.07, 6.45) is 0.947. The minimum absolute atomic E-state index is 0.583. The molecule has 1 heterocycles. The number of benzene rings is 1. The molecule has 0 aromatic heterocycles. The Hall–Kier alpha value is -2.90. The van der Waals surface area contributed by atoms with E-state index in [2.05, 4.69) is 16.0 Å². The van der Waals surface area contributed by atoms with Crippen LogP contribution in [0.25, 0.3) is 0 Å². The summed E-state index contributed by atoms with van der Waals surface area (Å²) >= 11 is 0. The van der Waals surface area contributed by atoms with E-state index in [0.29, 0.717) is 0 Å². The Morgan fingerprint density at radius 2 is 1.89 bits per heavy atom. The van der Waals surface area contributed by atoms with Crippen molar-refractivity contribution >= 4 is 29.6 Å². The average Bonchev–Trinajstić information content (AvgIpc) is 2.73. The van der Waals surface area contributed by atoms with Crippen molar-refractivity contribution in [3.05, 3.63) is 30.3 Å². The first kappa shape index (κ1) is 13.2. The molecule has 0 fully saturated rings. The van der Waals surface area contributed by atoms with Gasteiger partial charge in [0, 0.05) is 0 Å². The second-order valence-electron chi connectivity index (χ2n) is 3.04. The Balaban J connectivity index is 0.000000199. The number of carbonyl (C=O) groups excluding carboxylic acids is 3. The topological polar surface area (TPSA) is 126 Å². The Labute approximate surface area is 102 Å². The smallest absolute Gasteiger partial charge is 0.330 e. The lowest BCUT2D eigenvalue weighted by Crippen LogP contribution is -2.34. The number of hydrazone groups is 1. The molecule has 0 spiro atoms. The molecule has 8 nitrogen and oxygen atoms in total. The molecular formula is C10H11N5O3. The molecule has 0 saturated heterocycles. The zero-order valence-electron chi connectivity index (χ0n) is 9.21. The van der Waals surface area contributed by atoms with Gasteiger partial charge in [-0.25, -0.2) is 10.2 Å². The quantitative estimate of drug-likeness (QED) is 0.410. The number of anilines is 1. The van der Waals surface area contributed by atoms with Crippen LogP contribution in [0.15, 0.2) is 35.4 Å². The van der Waals surface area contributed by atoms with Gasteiger partial charge >= 0.3 is 11.9 Å². The van der Waals surface area contributed by atoms with E-state index in [1.54, 1.807) is 0 Å². The zero-order chi connectivity index (χ0) is 13.4. The van der Waals surface area contributed by atoms with Gasteiger partial charge in [-0.1, -0.05) is 18.2 Å². The lowest BCUT2D eigenvalue weighted by molar-refractivity contribution is -0.133. The van der Waals surface area contributed by atoms with Crippen LogP contribution in [-0.4, -0.2) is 23.9 Å². The molecule has 1 aliphatic rings. The number of nitrogens with one attached hydrogen (secondary N) is 3. The summed E-state index contributed by atoms with van der Waals surface area (Å²) in [6, 6.07) is 8.62. The van der Waals surface area contributed by atoms with Gasteiger partial charge in [0.1, 0.15) is 6.21 Å². The van der Waals surface area contributed by atoms with Gasteiger partial charge in [0.2, 0.25) is 0 Å². The van der Waals surface area contributed by atoms with E-state index in [4.69, 9.17) is 5.73 Å². The Kier molecular flexibility index (Phi) is 4.85. The van der Waals surface area contributed by atoms with Crippen LogP contribution in [0, 0.1) is 0 Å². The van der Waals surface area contributed by atoms with E-state index < -0.39 is 17.7 Å². The molecule has 5 N–H and O–H groups in total. The highest BCUT2D eigenvalue weighted by Crippen LogP contribution is 2.01. The molecule has 18 heavy (non-hydrogen) atoms. The van der Waals surface area contributed by atoms with E-state index in [0.717, 1.165) is 11.9 Å². The largest absolute Gasteiger partial charge is 0.350 e. The molecule has 3 amide bonds. The number of amides is 3. The van der Waals surface area contributed by atoms with E-state index in [9.17, 15) is 14.4 Å². The van der Waals surface area contributed by atoms with Crippen LogP contribution in [-0.2, 0) is 9.59 Å². The van der Waals surface area contributed by atoms with Gasteiger partial charge in [0.15, 0.2) is 0 Å². The molecule has 0 atom stereocenters. The van der Waals surface area contributed by atoms with Gasteiger partial charge in [0.25, 0.3) is 5.78 Å². The molecule has 0 aliphatic carbocycles. The summed E-state index contributed by atoms with van der Waals surface area (Å²) < 4.78 is 0. The summed E-state index contributed by atoms with van der Waals surface area (Å²) in [5, 5.41) is 3.17. The maximum atomic E-state index is 10.2. The van der Waals surface area contributed by atoms with Crippen LogP contribution < -0.4 is 22.0 Å². The minimum Gasteiger partial charge on any atom is -0.350 e. The number of nitrogens with zero attached hydrogens (tertiary/aromatic N) is 1. The number of ketones is 1. The van der Waals surface area contributed by atoms with Gasteiger partial charge in [-0.2, -0.15) is 5.10 Å². The summed E-state index contributed by atoms with van der Waals surface area (Å²) in [6.45, 7) is 0. The summed E-state index contributed by atoms with van der Waals surface area (Å²) in [4.78, 5) is 30.2. The number of Topliss-reactive ketones (excluding diaryl/α,β-unsaturated/α-hetero) is 1. The standard InChI is InChI=1S/C7H9N3O.C3H2N2O2/c8-7(11)10-9-6-4-2-1-3-5-6;6-2-1-4-5-3(2)7/h1-5,9H,(H3,8,10,11);1H,(H,5,6,7). The number of hydrogen-bond donors (Lipinski definition) is 4. The fourth-order valence-electron chi connectivity index (χ4n) is 0.919. The van der Waals surface area contributed by atoms with Crippen LogP contribution >= 0.6 is 0 Å². The molecule has 1 aliphatic heterocycles. The number of primary amides is 1. The zero-order valence-corrected chi connectivity index (χ0v) is 9.21. The van der Waals surface area contributed by atoms with Crippen molar-refractivity contribution in [2.24, 2.45) is 10.8 Å². The minimum atomic E-state index is -0.653. The average molecular weight is 249 g/mol. The van der Waals surface area contributed by atoms with Gasteiger partial charge < -0.3 is 5.73 Å². The predicted octanol–water partition coefficient (Wildman–Crippen LogP) is -0.647. The lowest BCUT2D eigenvalue weighted by atomic mass is 10.3. The fraction of sp³-hybridized carbons (Fsp3) is 0. The second-order valence-corrected chi connectivity index (χ2v) is 3.04. The van der Waals surface area contributed by atoms with Crippen molar-refractivity contribution in [3.8, 4) is 0 Å². The normalized spacial score (nSPS) is 12.2. The molecular weight excluding hydrogens is 238 g/mol. The highest BCUT2D eigenvalue weighted by atomic mass is 16.2. The molecule has 0 radical (unpaired) electrons. The lowest BCUT2D eigenvalue weighted by Gasteiger charge is -2.03. The first-order valence-electron chi connectivity index (χ1n) is 4.83. The van der Waals surface area contributed by atoms with E-state index in [1.807, 2.05) is 35.8 Å². The second kappa shape index (κ2) is 6.63. The SMILES string of the molecule is NC(=O)NNc1ccccc1.O=C1C=NNC1=O. The molecule has 2 rings (SSSR count). The van der Waals surface area contributed by atoms with Crippen molar-refractivity contribution in [1.29, 1.82) is 0 Å². The number of carbonyl (C=O) groups is 3. The van der Waals surface area contributed by atoms with E-state index >= 15 is 0 Å². The van der Waals surface area contributed by atoms with Crippen LogP contribution in [0.5, 0.6) is 0 Å². The van der Waals surface area contributed by atoms with Gasteiger partial charge in [-0.3, -0.25) is 20.4 Å². The molecule has 0 saturated carbocycles. The maximum Gasteiger partial charge on any atom is 0.330 e. The Morgan fingerprint density at radius 1 is 1.22 bits per heavy atom. The molecule has 1 aromatic rings. The highest BCUT2D eigenvalue weighted by Gasteiger charge is 2.14. The van der Waals surface area contributed by atoms with E-state index in [-0.39, 0.29) is 0 Å². The fourth-order valence-corrected chi connectivity index (χ4v) is 0.919. The van der Waals surface area contributed by atoms with Gasteiger partial charge in [-0.05, 0) is 12.1 Å². The maximum absolute atomic E-state index is 10.2. The molecule has 1 aromatic carbocycles. The van der Waals surface area contributed by atoms with Crippen LogP contribution in [0.2, 0.25) is 0 Å². The monoisotopic (exact) mass is 249 g/mol. The third kappa shape index (κ3) is 4.75. The van der Waals surface area contributed by atoms with Crippen LogP contribution in [0.1, 0.15) is 0 Å². The third-order valence-corrected chi connectivity index (χ3v) is 1.68. The van der Waals surface area contributed by atoms with Crippen molar-refractivity contribution < 1.29 is 14.4 Å². The number of rotatable bonds is 2. The van der Waals surface area contributed by atoms with E-state index in [1.165, 1.54) is 0 Å². The predicted molar refractivity (Wildman–Crippen MR) is 64.4 cm³/mol. The number of urea groups is 1. The molecule has 8 heteroatoms.